The summed E-state index contributed by atoms with van der Waals surface area (Å²) in [7, 11) is 0. The van der Waals surface area contributed by atoms with Gasteiger partial charge >= 0.3 is 0 Å². The number of nitrogens with one attached hydrogen (secondary N) is 3. The Morgan fingerprint density at radius 3 is 3.19 bits per heavy atom. The molecule has 1 aromatic heterocycles. The van der Waals surface area contributed by atoms with Gasteiger partial charge in [-0.3, -0.25) is 9.89 Å². The van der Waals surface area contributed by atoms with Crippen LogP contribution < -0.4 is 10.6 Å². The molecule has 0 spiro atoms. The quantitative estimate of drug-likeness (QED) is 0.564. The van der Waals surface area contributed by atoms with Crippen LogP contribution >= 0.6 is 0 Å². The number of anilines is 1. The maximum Gasteiger partial charge on any atom is 0.242 e. The Kier molecular flexibility index (Phi) is 3.21. The van der Waals surface area contributed by atoms with E-state index in [0.29, 0.717) is 18.8 Å². The first-order valence-corrected chi connectivity index (χ1v) is 5.45. The number of amides is 1. The molecule has 16 heavy (non-hydrogen) atoms. The van der Waals surface area contributed by atoms with Crippen LogP contribution in [0.2, 0.25) is 0 Å². The van der Waals surface area contributed by atoms with Gasteiger partial charge in [0.1, 0.15) is 5.82 Å². The van der Waals surface area contributed by atoms with E-state index in [-0.39, 0.29) is 11.9 Å². The van der Waals surface area contributed by atoms with Crippen LogP contribution in [0.25, 0.3) is 0 Å². The molecule has 2 heterocycles. The van der Waals surface area contributed by atoms with Crippen molar-refractivity contribution in [2.45, 2.75) is 31.9 Å². The highest BCUT2D eigenvalue weighted by Crippen LogP contribution is 2.13. The molecule has 1 saturated heterocycles. The molecule has 2 rings (SSSR count). The number of hydrogen-bond donors (Lipinski definition) is 4. The molecule has 0 bridgehead atoms. The zero-order valence-corrected chi connectivity index (χ0v) is 9.16. The molecule has 88 valence electrons. The first-order valence-electron chi connectivity index (χ1n) is 5.45. The van der Waals surface area contributed by atoms with Crippen molar-refractivity contribution in [1.29, 1.82) is 0 Å². The van der Waals surface area contributed by atoms with Crippen molar-refractivity contribution in [3.8, 4) is 0 Å². The van der Waals surface area contributed by atoms with Crippen LogP contribution in [0.1, 0.15) is 18.9 Å². The molecule has 1 aromatic rings. The summed E-state index contributed by atoms with van der Waals surface area (Å²) in [6.45, 7) is 2.47. The predicted molar refractivity (Wildman–Crippen MR) is 59.0 cm³/mol. The average molecular weight is 224 g/mol. The van der Waals surface area contributed by atoms with Gasteiger partial charge in [-0.25, -0.2) is 0 Å². The average Bonchev–Trinajstić information content (AvgIpc) is 2.86. The molecule has 1 aliphatic rings. The van der Waals surface area contributed by atoms with E-state index in [2.05, 4.69) is 20.8 Å². The first-order chi connectivity index (χ1) is 7.70. The van der Waals surface area contributed by atoms with Gasteiger partial charge in [0.25, 0.3) is 0 Å². The second-order valence-corrected chi connectivity index (χ2v) is 3.96. The van der Waals surface area contributed by atoms with E-state index in [1.165, 1.54) is 0 Å². The van der Waals surface area contributed by atoms with E-state index in [1.54, 1.807) is 6.20 Å². The standard InChI is InChI=1S/C10H16N4O2/c1-2-6-4-12-14-9(6)13-10(16)8-3-7(15)5-11-8/h4,7-8,11,15H,2-3,5H2,1H3,(H2,12,13,14,16). The minimum Gasteiger partial charge on any atom is -0.392 e. The van der Waals surface area contributed by atoms with Crippen molar-refractivity contribution in [2.75, 3.05) is 11.9 Å². The fourth-order valence-electron chi connectivity index (χ4n) is 1.81. The Labute approximate surface area is 93.4 Å². The van der Waals surface area contributed by atoms with E-state index in [0.717, 1.165) is 12.0 Å². The van der Waals surface area contributed by atoms with Gasteiger partial charge in [0.15, 0.2) is 0 Å². The SMILES string of the molecule is CCc1cn[nH]c1NC(=O)C1CC(O)CN1. The molecule has 2 atom stereocenters. The number of aryl methyl sites for hydroxylation is 1. The maximum absolute atomic E-state index is 11.8. The Morgan fingerprint density at radius 2 is 2.56 bits per heavy atom. The highest BCUT2D eigenvalue weighted by Gasteiger charge is 2.28. The first kappa shape index (κ1) is 11.1. The Morgan fingerprint density at radius 1 is 1.75 bits per heavy atom. The lowest BCUT2D eigenvalue weighted by molar-refractivity contribution is -0.118. The van der Waals surface area contributed by atoms with E-state index in [9.17, 15) is 9.90 Å². The maximum atomic E-state index is 11.8. The monoisotopic (exact) mass is 224 g/mol. The lowest BCUT2D eigenvalue weighted by atomic mass is 10.2. The molecule has 1 fully saturated rings. The van der Waals surface area contributed by atoms with Crippen molar-refractivity contribution in [3.05, 3.63) is 11.8 Å². The highest BCUT2D eigenvalue weighted by atomic mass is 16.3. The normalized spacial score (nSPS) is 24.6. The molecule has 0 radical (unpaired) electrons. The molecular formula is C10H16N4O2. The number of hydrogen-bond acceptors (Lipinski definition) is 4. The van der Waals surface area contributed by atoms with E-state index in [1.807, 2.05) is 6.92 Å². The summed E-state index contributed by atoms with van der Waals surface area (Å²) >= 11 is 0. The zero-order valence-electron chi connectivity index (χ0n) is 9.16. The van der Waals surface area contributed by atoms with Gasteiger partial charge in [-0.1, -0.05) is 6.92 Å². The molecule has 0 saturated carbocycles. The summed E-state index contributed by atoms with van der Waals surface area (Å²) in [5.41, 5.74) is 0.979. The van der Waals surface area contributed by atoms with E-state index in [4.69, 9.17) is 0 Å². The number of carbonyl (C=O) groups is 1. The van der Waals surface area contributed by atoms with Gasteiger partial charge in [0.05, 0.1) is 18.3 Å². The summed E-state index contributed by atoms with van der Waals surface area (Å²) in [5.74, 6) is 0.520. The largest absolute Gasteiger partial charge is 0.392 e. The third-order valence-corrected chi connectivity index (χ3v) is 2.77. The molecule has 6 heteroatoms. The highest BCUT2D eigenvalue weighted by molar-refractivity contribution is 5.94. The fraction of sp³-hybridized carbons (Fsp3) is 0.600. The van der Waals surface area contributed by atoms with Gasteiger partial charge < -0.3 is 15.7 Å². The molecular weight excluding hydrogens is 208 g/mol. The zero-order chi connectivity index (χ0) is 11.5. The number of aliphatic hydroxyl groups is 1. The minimum absolute atomic E-state index is 0.129. The van der Waals surface area contributed by atoms with E-state index >= 15 is 0 Å². The second kappa shape index (κ2) is 4.63. The van der Waals surface area contributed by atoms with E-state index < -0.39 is 6.10 Å². The Balaban J connectivity index is 1.97. The lowest BCUT2D eigenvalue weighted by Gasteiger charge is -2.10. The van der Waals surface area contributed by atoms with Crippen LogP contribution in [0.3, 0.4) is 0 Å². The number of β-amino-alcohol motifs (C(OH)–C–C–N with tert-alkyl or cyclic N) is 1. The third kappa shape index (κ3) is 2.23. The summed E-state index contributed by atoms with van der Waals surface area (Å²) in [6, 6.07) is -0.317. The molecule has 4 N–H and O–H groups in total. The summed E-state index contributed by atoms with van der Waals surface area (Å²) in [5, 5.41) is 21.7. The second-order valence-electron chi connectivity index (χ2n) is 3.96. The Bertz CT molecular complexity index is 377. The van der Waals surface area contributed by atoms with Crippen LogP contribution in [0.4, 0.5) is 5.82 Å². The van der Waals surface area contributed by atoms with Gasteiger partial charge in [0.2, 0.25) is 5.91 Å². The van der Waals surface area contributed by atoms with Crippen molar-refractivity contribution < 1.29 is 9.90 Å². The fourth-order valence-corrected chi connectivity index (χ4v) is 1.81. The summed E-state index contributed by atoms with van der Waals surface area (Å²) < 4.78 is 0. The summed E-state index contributed by atoms with van der Waals surface area (Å²) in [4.78, 5) is 11.8. The van der Waals surface area contributed by atoms with Crippen molar-refractivity contribution in [1.82, 2.24) is 15.5 Å². The lowest BCUT2D eigenvalue weighted by Crippen LogP contribution is -2.35. The van der Waals surface area contributed by atoms with Gasteiger partial charge in [0, 0.05) is 12.1 Å². The molecule has 1 aliphatic heterocycles. The van der Waals surface area contributed by atoms with Crippen molar-refractivity contribution >= 4 is 11.7 Å². The molecule has 0 aliphatic carbocycles. The van der Waals surface area contributed by atoms with Crippen molar-refractivity contribution in [3.63, 3.8) is 0 Å². The minimum atomic E-state index is -0.428. The van der Waals surface area contributed by atoms with Crippen LogP contribution in [0.5, 0.6) is 0 Å². The number of nitrogens with zero attached hydrogens (tertiary/aromatic N) is 1. The third-order valence-electron chi connectivity index (χ3n) is 2.77. The molecule has 0 aromatic carbocycles. The number of aromatic amines is 1. The molecule has 2 unspecified atom stereocenters. The van der Waals surface area contributed by atoms with Crippen LogP contribution in [-0.4, -0.2) is 39.9 Å². The number of carbonyl (C=O) groups excluding carboxylic acids is 1. The smallest absolute Gasteiger partial charge is 0.242 e. The van der Waals surface area contributed by atoms with Crippen molar-refractivity contribution in [2.24, 2.45) is 0 Å². The Hall–Kier alpha value is -1.40. The molecule has 6 nitrogen and oxygen atoms in total. The number of H-pyrrole nitrogens is 1. The topological polar surface area (TPSA) is 90.0 Å². The number of rotatable bonds is 3. The van der Waals surface area contributed by atoms with Gasteiger partial charge in [-0.15, -0.1) is 0 Å². The predicted octanol–water partition coefficient (Wildman–Crippen LogP) is -0.367. The van der Waals surface area contributed by atoms with Crippen LogP contribution in [0, 0.1) is 0 Å². The van der Waals surface area contributed by atoms with Gasteiger partial charge in [-0.2, -0.15) is 5.10 Å². The number of aromatic nitrogens is 2. The van der Waals surface area contributed by atoms with Crippen LogP contribution in [-0.2, 0) is 11.2 Å². The summed E-state index contributed by atoms with van der Waals surface area (Å²) in [6.07, 6.45) is 2.55. The van der Waals surface area contributed by atoms with Gasteiger partial charge in [-0.05, 0) is 12.8 Å². The van der Waals surface area contributed by atoms with Crippen LogP contribution in [0.15, 0.2) is 6.20 Å². The number of aliphatic hydroxyl groups excluding tert-OH is 1. The molecule has 1 amide bonds.